The lowest BCUT2D eigenvalue weighted by molar-refractivity contribution is -0.461. The first-order valence-corrected chi connectivity index (χ1v) is 10.5. The zero-order valence-electron chi connectivity index (χ0n) is 16.7. The summed E-state index contributed by atoms with van der Waals surface area (Å²) in [7, 11) is 0. The number of benzene rings is 1. The van der Waals surface area contributed by atoms with E-state index in [0.717, 1.165) is 82.0 Å². The van der Waals surface area contributed by atoms with Crippen molar-refractivity contribution in [2.24, 2.45) is 0 Å². The molecule has 0 aromatic heterocycles. The second-order valence-electron chi connectivity index (χ2n) is 7.33. The van der Waals surface area contributed by atoms with Crippen LogP contribution in [0.15, 0.2) is 30.1 Å². The molecule has 0 bridgehead atoms. The van der Waals surface area contributed by atoms with Crippen LogP contribution in [0.3, 0.4) is 0 Å². The van der Waals surface area contributed by atoms with Crippen LogP contribution in [-0.2, 0) is 4.74 Å². The summed E-state index contributed by atoms with van der Waals surface area (Å²) in [5.74, 6) is 0.898. The predicted molar refractivity (Wildman–Crippen MR) is 119 cm³/mol. The minimum absolute atomic E-state index is 0.633. The van der Waals surface area contributed by atoms with Crippen molar-refractivity contribution in [3.63, 3.8) is 0 Å². The number of nitrogens with zero attached hydrogens (tertiary/aromatic N) is 3. The fourth-order valence-electron chi connectivity index (χ4n) is 3.65. The smallest absolute Gasteiger partial charge is 0.221 e. The van der Waals surface area contributed by atoms with Crippen LogP contribution in [0.2, 0.25) is 0 Å². The van der Waals surface area contributed by atoms with Gasteiger partial charge in [-0.15, -0.1) is 0 Å². The molecule has 3 N–H and O–H groups in total. The third-order valence-corrected chi connectivity index (χ3v) is 5.55. The maximum Gasteiger partial charge on any atom is 0.221 e. The molecule has 8 nitrogen and oxygen atoms in total. The second kappa shape index (κ2) is 9.43. The van der Waals surface area contributed by atoms with Crippen LogP contribution in [-0.4, -0.2) is 87.1 Å². The van der Waals surface area contributed by atoms with E-state index in [4.69, 9.17) is 21.7 Å². The molecule has 0 unspecified atom stereocenters. The molecular weight excluding hydrogens is 388 g/mol. The van der Waals surface area contributed by atoms with E-state index in [9.17, 15) is 0 Å². The fraction of sp³-hybridized carbons (Fsp3) is 0.500. The van der Waals surface area contributed by atoms with Crippen molar-refractivity contribution in [1.82, 2.24) is 15.5 Å². The molecule has 1 saturated heterocycles. The monoisotopic (exact) mass is 417 g/mol. The van der Waals surface area contributed by atoms with Gasteiger partial charge in [-0.05, 0) is 30.4 Å². The Kier molecular flexibility index (Phi) is 6.48. The fourth-order valence-corrected chi connectivity index (χ4v) is 3.87. The molecule has 1 aromatic rings. The normalized spacial score (nSPS) is 19.1. The Hall–Kier alpha value is -2.36. The number of anilines is 2. The Balaban J connectivity index is 1.33. The van der Waals surface area contributed by atoms with Gasteiger partial charge in [-0.3, -0.25) is 4.90 Å². The summed E-state index contributed by atoms with van der Waals surface area (Å²) >= 11 is 5.48. The number of morpholine rings is 1. The lowest BCUT2D eigenvalue weighted by Crippen LogP contribution is -2.42. The van der Waals surface area contributed by atoms with E-state index in [1.807, 2.05) is 22.9 Å². The van der Waals surface area contributed by atoms with E-state index >= 15 is 0 Å². The highest BCUT2D eigenvalue weighted by atomic mass is 32.1. The molecule has 156 valence electrons. The van der Waals surface area contributed by atoms with Crippen molar-refractivity contribution < 1.29 is 14.0 Å². The zero-order valence-corrected chi connectivity index (χ0v) is 17.5. The van der Waals surface area contributed by atoms with Gasteiger partial charge in [0, 0.05) is 31.9 Å². The Labute approximate surface area is 177 Å². The van der Waals surface area contributed by atoms with Gasteiger partial charge in [0.05, 0.1) is 31.6 Å². The topological polar surface area (TPSA) is 64.0 Å². The van der Waals surface area contributed by atoms with Crippen molar-refractivity contribution in [1.29, 1.82) is 0 Å². The maximum absolute atomic E-state index is 5.84. The minimum Gasteiger partial charge on any atom is -0.490 e. The SMILES string of the molecule is C=[N+]1CNC=C1CN1CCOc2ccc(NC(=S)NCCN3CCOCC3)cc21. The number of rotatable bonds is 6. The van der Waals surface area contributed by atoms with Gasteiger partial charge in [-0.2, -0.15) is 4.58 Å². The highest BCUT2D eigenvalue weighted by Crippen LogP contribution is 2.34. The summed E-state index contributed by atoms with van der Waals surface area (Å²) in [6.45, 7) is 12.5. The lowest BCUT2D eigenvalue weighted by Gasteiger charge is -2.31. The molecule has 0 saturated carbocycles. The molecule has 29 heavy (non-hydrogen) atoms. The van der Waals surface area contributed by atoms with Crippen LogP contribution in [0.1, 0.15) is 0 Å². The van der Waals surface area contributed by atoms with Crippen LogP contribution in [0.4, 0.5) is 11.4 Å². The first kappa shape index (κ1) is 19.9. The van der Waals surface area contributed by atoms with E-state index < -0.39 is 0 Å². The number of hydrogen-bond acceptors (Lipinski definition) is 6. The first-order chi connectivity index (χ1) is 14.2. The molecule has 3 aliphatic rings. The molecule has 9 heteroatoms. The highest BCUT2D eigenvalue weighted by molar-refractivity contribution is 7.80. The van der Waals surface area contributed by atoms with Gasteiger partial charge in [-0.1, -0.05) is 0 Å². The van der Waals surface area contributed by atoms with E-state index in [1.165, 1.54) is 0 Å². The molecule has 3 aliphatic heterocycles. The van der Waals surface area contributed by atoms with Gasteiger partial charge in [0.15, 0.2) is 5.11 Å². The molecule has 4 rings (SSSR count). The molecule has 1 fully saturated rings. The standard InChI is InChI=1S/C20H28N6O2S/c1-24-15-21-13-17(24)14-26-8-11-28-19-3-2-16(12-18(19)26)23-20(29)22-4-5-25-6-9-27-10-7-25/h2-3,12-13,21H,1,4-11,14-15H2,(H-,22,23,29)/p+1. The average molecular weight is 418 g/mol. The number of nitrogens with one attached hydrogen (secondary N) is 3. The molecular formula is C20H29N6O2S+. The van der Waals surface area contributed by atoms with Gasteiger partial charge >= 0.3 is 0 Å². The summed E-state index contributed by atoms with van der Waals surface area (Å²) in [5.41, 5.74) is 3.18. The predicted octanol–water partition coefficient (Wildman–Crippen LogP) is 0.619. The zero-order chi connectivity index (χ0) is 20.1. The van der Waals surface area contributed by atoms with Gasteiger partial charge in [0.2, 0.25) is 12.4 Å². The number of hydrogen-bond donors (Lipinski definition) is 3. The van der Waals surface area contributed by atoms with Crippen LogP contribution in [0.5, 0.6) is 5.75 Å². The number of fused-ring (bicyclic) bond motifs is 1. The highest BCUT2D eigenvalue weighted by Gasteiger charge is 2.25. The van der Waals surface area contributed by atoms with Crippen LogP contribution < -0.4 is 25.6 Å². The van der Waals surface area contributed by atoms with E-state index in [-0.39, 0.29) is 0 Å². The van der Waals surface area contributed by atoms with Gasteiger partial charge < -0.3 is 30.3 Å². The molecule has 3 heterocycles. The maximum atomic E-state index is 5.84. The molecule has 1 aromatic carbocycles. The minimum atomic E-state index is 0.633. The average Bonchev–Trinajstić information content (AvgIpc) is 3.14. The molecule has 0 amide bonds. The summed E-state index contributed by atoms with van der Waals surface area (Å²) < 4.78 is 13.2. The quantitative estimate of drug-likeness (QED) is 0.460. The number of ether oxygens (including phenoxy) is 2. The lowest BCUT2D eigenvalue weighted by atomic mass is 10.2. The van der Waals surface area contributed by atoms with Crippen LogP contribution in [0, 0.1) is 0 Å². The molecule has 0 aliphatic carbocycles. The Morgan fingerprint density at radius 2 is 2.10 bits per heavy atom. The number of thiocarbonyl (C=S) groups is 1. The largest absolute Gasteiger partial charge is 0.490 e. The second-order valence-corrected chi connectivity index (χ2v) is 7.73. The Bertz CT molecular complexity index is 793. The van der Waals surface area contributed by atoms with Crippen molar-refractivity contribution >= 4 is 35.4 Å². The third kappa shape index (κ3) is 5.17. The van der Waals surface area contributed by atoms with Crippen molar-refractivity contribution in [2.75, 3.05) is 76.0 Å². The molecule has 0 atom stereocenters. The molecule has 0 spiro atoms. The van der Waals surface area contributed by atoms with E-state index in [0.29, 0.717) is 11.7 Å². The van der Waals surface area contributed by atoms with Gasteiger partial charge in [-0.25, -0.2) is 0 Å². The van der Waals surface area contributed by atoms with Crippen LogP contribution >= 0.6 is 12.2 Å². The summed E-state index contributed by atoms with van der Waals surface area (Å²) in [4.78, 5) is 4.70. The van der Waals surface area contributed by atoms with Crippen molar-refractivity contribution in [2.45, 2.75) is 0 Å². The van der Waals surface area contributed by atoms with Gasteiger partial charge in [0.25, 0.3) is 0 Å². The van der Waals surface area contributed by atoms with E-state index in [2.05, 4.69) is 38.5 Å². The van der Waals surface area contributed by atoms with E-state index in [1.54, 1.807) is 0 Å². The Morgan fingerprint density at radius 3 is 2.90 bits per heavy atom. The summed E-state index contributed by atoms with van der Waals surface area (Å²) in [6, 6.07) is 6.10. The first-order valence-electron chi connectivity index (χ1n) is 10.1. The van der Waals surface area contributed by atoms with Gasteiger partial charge in [0.1, 0.15) is 25.6 Å². The third-order valence-electron chi connectivity index (χ3n) is 5.30. The summed E-state index contributed by atoms with van der Waals surface area (Å²) in [6.07, 6.45) is 2.03. The van der Waals surface area contributed by atoms with Crippen LogP contribution in [0.25, 0.3) is 0 Å². The van der Waals surface area contributed by atoms with Crippen molar-refractivity contribution in [3.05, 3.63) is 30.1 Å². The molecule has 0 radical (unpaired) electrons. The Morgan fingerprint density at radius 1 is 1.24 bits per heavy atom. The van der Waals surface area contributed by atoms with Crippen molar-refractivity contribution in [3.8, 4) is 5.75 Å². The summed E-state index contributed by atoms with van der Waals surface area (Å²) in [5, 5.41) is 10.4.